The van der Waals surface area contributed by atoms with Gasteiger partial charge in [-0.3, -0.25) is 9.59 Å². The average Bonchev–Trinajstić information content (AvgIpc) is 2.40. The highest BCUT2D eigenvalue weighted by Crippen LogP contribution is 2.34. The minimum Gasteiger partial charge on any atom is -0.289 e. The van der Waals surface area contributed by atoms with Gasteiger partial charge in [0.1, 0.15) is 0 Å². The number of hydrogen-bond donors (Lipinski definition) is 0. The summed E-state index contributed by atoms with van der Waals surface area (Å²) in [4.78, 5) is 24.9. The van der Waals surface area contributed by atoms with E-state index in [1.807, 2.05) is 57.2 Å². The lowest BCUT2D eigenvalue weighted by atomic mass is 9.76. The van der Waals surface area contributed by atoms with Crippen molar-refractivity contribution >= 4 is 22.3 Å². The fourth-order valence-corrected chi connectivity index (χ4v) is 2.61. The Hall–Kier alpha value is -2.22. The van der Waals surface area contributed by atoms with E-state index in [-0.39, 0.29) is 17.0 Å². The number of ketones is 2. The summed E-state index contributed by atoms with van der Waals surface area (Å²) in [5, 5.41) is 1.97. The summed E-state index contributed by atoms with van der Waals surface area (Å²) in [5.41, 5.74) is 1.31. The van der Waals surface area contributed by atoms with Gasteiger partial charge >= 0.3 is 0 Å². The first kappa shape index (κ1) is 12.8. The van der Waals surface area contributed by atoms with Gasteiger partial charge < -0.3 is 0 Å². The molecular weight excluding hydrogens is 248 g/mol. The number of hydrogen-bond acceptors (Lipinski definition) is 2. The summed E-state index contributed by atoms with van der Waals surface area (Å²) < 4.78 is 0. The van der Waals surface area contributed by atoms with Crippen LogP contribution in [0.15, 0.2) is 48.0 Å². The number of carbonyl (C=O) groups excluding carboxylic acids is 2. The van der Waals surface area contributed by atoms with Crippen LogP contribution in [0.3, 0.4) is 0 Å². The van der Waals surface area contributed by atoms with Gasteiger partial charge in [0, 0.05) is 16.7 Å². The van der Waals surface area contributed by atoms with Crippen LogP contribution in [0.2, 0.25) is 0 Å². The third-order valence-corrected chi connectivity index (χ3v) is 3.72. The molecule has 2 aromatic carbocycles. The van der Waals surface area contributed by atoms with Crippen molar-refractivity contribution < 1.29 is 9.59 Å². The fourth-order valence-electron chi connectivity index (χ4n) is 2.61. The van der Waals surface area contributed by atoms with Crippen LogP contribution in [0.1, 0.15) is 41.5 Å². The molecule has 2 heteroatoms. The van der Waals surface area contributed by atoms with E-state index in [1.165, 1.54) is 6.08 Å². The SMILES string of the molecule is CC(C)(C)C1=CC(=O)c2cc3ccccc3cc2C1=O. The van der Waals surface area contributed by atoms with Crippen LogP contribution >= 0.6 is 0 Å². The summed E-state index contributed by atoms with van der Waals surface area (Å²) in [6.45, 7) is 5.86. The van der Waals surface area contributed by atoms with Crippen LogP contribution in [0, 0.1) is 5.41 Å². The minimum absolute atomic E-state index is 0.0298. The van der Waals surface area contributed by atoms with E-state index in [0.717, 1.165) is 10.8 Å². The van der Waals surface area contributed by atoms with Crippen LogP contribution < -0.4 is 0 Å². The Morgan fingerprint density at radius 2 is 1.40 bits per heavy atom. The Labute approximate surface area is 118 Å². The van der Waals surface area contributed by atoms with E-state index in [9.17, 15) is 9.59 Å². The highest BCUT2D eigenvalue weighted by molar-refractivity contribution is 6.26. The second kappa shape index (κ2) is 4.14. The van der Waals surface area contributed by atoms with Crippen molar-refractivity contribution in [1.29, 1.82) is 0 Å². The van der Waals surface area contributed by atoms with Gasteiger partial charge in [-0.1, -0.05) is 45.0 Å². The van der Waals surface area contributed by atoms with E-state index >= 15 is 0 Å². The van der Waals surface area contributed by atoms with Crippen molar-refractivity contribution in [2.75, 3.05) is 0 Å². The molecule has 0 amide bonds. The van der Waals surface area contributed by atoms with E-state index in [2.05, 4.69) is 0 Å². The van der Waals surface area contributed by atoms with Gasteiger partial charge in [0.25, 0.3) is 0 Å². The molecule has 1 aliphatic carbocycles. The Balaban J connectivity index is 2.27. The maximum absolute atomic E-state index is 12.6. The van der Waals surface area contributed by atoms with Gasteiger partial charge in [-0.25, -0.2) is 0 Å². The predicted molar refractivity (Wildman–Crippen MR) is 80.1 cm³/mol. The Morgan fingerprint density at radius 1 is 0.850 bits per heavy atom. The van der Waals surface area contributed by atoms with E-state index in [1.54, 1.807) is 0 Å². The summed E-state index contributed by atoms with van der Waals surface area (Å²) in [6.07, 6.45) is 1.50. The molecule has 100 valence electrons. The monoisotopic (exact) mass is 264 g/mol. The Kier molecular flexibility index (Phi) is 2.65. The first-order valence-corrected chi connectivity index (χ1v) is 6.72. The lowest BCUT2D eigenvalue weighted by molar-refractivity contribution is 0.0967. The first-order chi connectivity index (χ1) is 9.38. The summed E-state index contributed by atoms with van der Waals surface area (Å²) in [6, 6.07) is 11.4. The van der Waals surface area contributed by atoms with Crippen molar-refractivity contribution in [2.24, 2.45) is 5.41 Å². The molecule has 0 spiro atoms. The molecule has 0 fully saturated rings. The third-order valence-electron chi connectivity index (χ3n) is 3.72. The van der Waals surface area contributed by atoms with E-state index in [0.29, 0.717) is 16.7 Å². The molecule has 3 rings (SSSR count). The molecule has 20 heavy (non-hydrogen) atoms. The smallest absolute Gasteiger partial charge is 0.190 e. The average molecular weight is 264 g/mol. The highest BCUT2D eigenvalue weighted by Gasteiger charge is 2.32. The zero-order chi connectivity index (χ0) is 14.5. The molecule has 0 N–H and O–H groups in total. The Morgan fingerprint density at radius 3 is 1.95 bits per heavy atom. The molecule has 0 atom stereocenters. The van der Waals surface area contributed by atoms with Crippen LogP contribution in [0.5, 0.6) is 0 Å². The number of allylic oxidation sites excluding steroid dienone is 2. The Bertz CT molecular complexity index is 774. The standard InChI is InChI=1S/C18H16O2/c1-18(2,3)15-10-16(19)13-8-11-6-4-5-7-12(11)9-14(13)17(15)20/h4-10H,1-3H3. The number of Topliss-reactive ketones (excluding diaryl/α,β-unsaturated/α-hetero) is 1. The maximum atomic E-state index is 12.6. The molecule has 1 aliphatic rings. The summed E-state index contributed by atoms with van der Waals surface area (Å²) in [7, 11) is 0. The molecule has 2 aromatic rings. The number of benzene rings is 2. The lowest BCUT2D eigenvalue weighted by Crippen LogP contribution is -2.25. The van der Waals surface area contributed by atoms with Crippen LogP contribution in [-0.2, 0) is 0 Å². The summed E-state index contributed by atoms with van der Waals surface area (Å²) >= 11 is 0. The quantitative estimate of drug-likeness (QED) is 0.715. The molecule has 0 aliphatic heterocycles. The van der Waals surface area contributed by atoms with Gasteiger partial charge in [0.2, 0.25) is 0 Å². The normalized spacial score (nSPS) is 15.2. The van der Waals surface area contributed by atoms with Gasteiger partial charge in [0.15, 0.2) is 11.6 Å². The van der Waals surface area contributed by atoms with E-state index in [4.69, 9.17) is 0 Å². The second-order valence-electron chi connectivity index (χ2n) is 6.25. The van der Waals surface area contributed by atoms with Gasteiger partial charge in [0.05, 0.1) is 0 Å². The molecule has 0 saturated carbocycles. The van der Waals surface area contributed by atoms with Gasteiger partial charge in [-0.05, 0) is 34.4 Å². The van der Waals surface area contributed by atoms with Crippen LogP contribution in [0.4, 0.5) is 0 Å². The number of rotatable bonds is 0. The van der Waals surface area contributed by atoms with E-state index < -0.39 is 0 Å². The van der Waals surface area contributed by atoms with Crippen molar-refractivity contribution in [1.82, 2.24) is 0 Å². The topological polar surface area (TPSA) is 34.1 Å². The van der Waals surface area contributed by atoms with Crippen LogP contribution in [-0.4, -0.2) is 11.6 Å². The molecule has 0 aromatic heterocycles. The molecule has 0 heterocycles. The highest BCUT2D eigenvalue weighted by atomic mass is 16.1. The molecule has 0 unspecified atom stereocenters. The number of carbonyl (C=O) groups is 2. The third kappa shape index (κ3) is 1.88. The maximum Gasteiger partial charge on any atom is 0.190 e. The number of fused-ring (bicyclic) bond motifs is 2. The van der Waals surface area contributed by atoms with Crippen molar-refractivity contribution in [2.45, 2.75) is 20.8 Å². The molecular formula is C18H16O2. The minimum atomic E-state index is -0.323. The van der Waals surface area contributed by atoms with Gasteiger partial charge in [-0.2, -0.15) is 0 Å². The molecule has 0 saturated heterocycles. The first-order valence-electron chi connectivity index (χ1n) is 6.72. The van der Waals surface area contributed by atoms with Crippen LogP contribution in [0.25, 0.3) is 10.8 Å². The van der Waals surface area contributed by atoms with Crippen molar-refractivity contribution in [3.05, 3.63) is 59.2 Å². The molecule has 2 nitrogen and oxygen atoms in total. The summed E-state index contributed by atoms with van der Waals surface area (Å²) in [5.74, 6) is -0.104. The lowest BCUT2D eigenvalue weighted by Gasteiger charge is -2.25. The zero-order valence-electron chi connectivity index (χ0n) is 11.9. The predicted octanol–water partition coefficient (Wildman–Crippen LogP) is 4.19. The molecule has 0 radical (unpaired) electrons. The fraction of sp³-hybridized carbons (Fsp3) is 0.222. The molecule has 0 bridgehead atoms. The van der Waals surface area contributed by atoms with Crippen molar-refractivity contribution in [3.8, 4) is 0 Å². The van der Waals surface area contributed by atoms with Gasteiger partial charge in [-0.15, -0.1) is 0 Å². The largest absolute Gasteiger partial charge is 0.289 e. The second-order valence-corrected chi connectivity index (χ2v) is 6.25. The zero-order valence-corrected chi connectivity index (χ0v) is 11.9. The van der Waals surface area contributed by atoms with Crippen molar-refractivity contribution in [3.63, 3.8) is 0 Å².